The Bertz CT molecular complexity index is 431. The summed E-state index contributed by atoms with van der Waals surface area (Å²) >= 11 is 0. The van der Waals surface area contributed by atoms with Gasteiger partial charge in [-0.2, -0.15) is 0 Å². The van der Waals surface area contributed by atoms with Crippen LogP contribution in [-0.2, 0) is 4.79 Å². The SMILES string of the molecule is CCC(C)C(N)C(=O)NCC(O)c1cccc(F)c1.Cl. The van der Waals surface area contributed by atoms with Crippen LogP contribution in [0.2, 0.25) is 0 Å². The molecule has 0 fully saturated rings. The number of aliphatic hydroxyl groups excluding tert-OH is 1. The van der Waals surface area contributed by atoms with E-state index < -0.39 is 18.0 Å². The second kappa shape index (κ2) is 8.89. The lowest BCUT2D eigenvalue weighted by Gasteiger charge is -2.19. The summed E-state index contributed by atoms with van der Waals surface area (Å²) < 4.78 is 13.0. The van der Waals surface area contributed by atoms with E-state index in [0.717, 1.165) is 6.42 Å². The summed E-state index contributed by atoms with van der Waals surface area (Å²) in [6.45, 7) is 3.87. The molecule has 20 heavy (non-hydrogen) atoms. The minimum absolute atomic E-state index is 0. The first-order valence-corrected chi connectivity index (χ1v) is 6.42. The van der Waals surface area contributed by atoms with Crippen molar-refractivity contribution in [1.29, 1.82) is 0 Å². The number of nitrogens with one attached hydrogen (secondary N) is 1. The van der Waals surface area contributed by atoms with E-state index in [-0.39, 0.29) is 30.8 Å². The molecule has 0 aliphatic carbocycles. The highest BCUT2D eigenvalue weighted by molar-refractivity contribution is 5.85. The molecular weight excluding hydrogens is 283 g/mol. The molecule has 114 valence electrons. The molecule has 1 aromatic rings. The second-order valence-corrected chi connectivity index (χ2v) is 4.73. The average Bonchev–Trinajstić information content (AvgIpc) is 2.42. The van der Waals surface area contributed by atoms with Crippen LogP contribution in [-0.4, -0.2) is 23.6 Å². The Kier molecular flexibility index (Phi) is 8.37. The largest absolute Gasteiger partial charge is 0.387 e. The molecule has 4 N–H and O–H groups in total. The van der Waals surface area contributed by atoms with E-state index in [4.69, 9.17) is 5.73 Å². The standard InChI is InChI=1S/C14H21FN2O2.ClH/c1-3-9(2)13(16)14(19)17-8-12(18)10-5-4-6-11(15)7-10;/h4-7,9,12-13,18H,3,8,16H2,1-2H3,(H,17,19);1H. The van der Waals surface area contributed by atoms with Crippen LogP contribution in [0.1, 0.15) is 31.9 Å². The zero-order valence-corrected chi connectivity index (χ0v) is 12.5. The number of aliphatic hydroxyl groups is 1. The fourth-order valence-corrected chi connectivity index (χ4v) is 1.66. The first-order chi connectivity index (χ1) is 8.95. The molecule has 0 aromatic heterocycles. The first kappa shape index (κ1) is 18.8. The van der Waals surface area contributed by atoms with Gasteiger partial charge >= 0.3 is 0 Å². The van der Waals surface area contributed by atoms with Gasteiger partial charge in [0.05, 0.1) is 12.1 Å². The third-order valence-electron chi connectivity index (χ3n) is 3.26. The van der Waals surface area contributed by atoms with Gasteiger partial charge in [0.1, 0.15) is 5.82 Å². The summed E-state index contributed by atoms with van der Waals surface area (Å²) in [4.78, 5) is 11.7. The number of hydrogen-bond donors (Lipinski definition) is 3. The Labute approximate surface area is 125 Å². The number of carbonyl (C=O) groups is 1. The van der Waals surface area contributed by atoms with Gasteiger partial charge in [-0.05, 0) is 23.6 Å². The maximum Gasteiger partial charge on any atom is 0.237 e. The average molecular weight is 305 g/mol. The first-order valence-electron chi connectivity index (χ1n) is 6.42. The Hall–Kier alpha value is -1.17. The Morgan fingerprint density at radius 3 is 2.70 bits per heavy atom. The van der Waals surface area contributed by atoms with Gasteiger partial charge in [-0.15, -0.1) is 12.4 Å². The van der Waals surface area contributed by atoms with Gasteiger partial charge in [0, 0.05) is 6.54 Å². The van der Waals surface area contributed by atoms with Crippen LogP contribution in [0.15, 0.2) is 24.3 Å². The molecule has 0 spiro atoms. The minimum atomic E-state index is -0.941. The van der Waals surface area contributed by atoms with E-state index in [1.807, 2.05) is 13.8 Å². The molecule has 0 heterocycles. The lowest BCUT2D eigenvalue weighted by molar-refractivity contribution is -0.123. The Balaban J connectivity index is 0.00000361. The second-order valence-electron chi connectivity index (χ2n) is 4.73. The Morgan fingerprint density at radius 2 is 2.15 bits per heavy atom. The van der Waals surface area contributed by atoms with Crippen molar-refractivity contribution in [3.8, 4) is 0 Å². The van der Waals surface area contributed by atoms with Gasteiger partial charge in [0.15, 0.2) is 0 Å². The van der Waals surface area contributed by atoms with Crippen LogP contribution in [0.25, 0.3) is 0 Å². The molecule has 1 rings (SSSR count). The molecular formula is C14H22ClFN2O2. The van der Waals surface area contributed by atoms with E-state index in [1.165, 1.54) is 18.2 Å². The van der Waals surface area contributed by atoms with Gasteiger partial charge in [-0.3, -0.25) is 4.79 Å². The number of carbonyl (C=O) groups excluding carboxylic acids is 1. The van der Waals surface area contributed by atoms with Crippen LogP contribution in [0.5, 0.6) is 0 Å². The number of rotatable bonds is 6. The molecule has 4 nitrogen and oxygen atoms in total. The van der Waals surface area contributed by atoms with Gasteiger partial charge in [0.2, 0.25) is 5.91 Å². The van der Waals surface area contributed by atoms with Crippen molar-refractivity contribution in [1.82, 2.24) is 5.32 Å². The van der Waals surface area contributed by atoms with Gasteiger partial charge in [-0.1, -0.05) is 32.4 Å². The van der Waals surface area contributed by atoms with Gasteiger partial charge in [-0.25, -0.2) is 4.39 Å². The van der Waals surface area contributed by atoms with Crippen LogP contribution in [0, 0.1) is 11.7 Å². The quantitative estimate of drug-likeness (QED) is 0.750. The molecule has 3 atom stereocenters. The third kappa shape index (κ3) is 5.45. The van der Waals surface area contributed by atoms with E-state index >= 15 is 0 Å². The van der Waals surface area contributed by atoms with Crippen LogP contribution in [0.3, 0.4) is 0 Å². The predicted octanol–water partition coefficient (Wildman–Crippen LogP) is 1.77. The fourth-order valence-electron chi connectivity index (χ4n) is 1.66. The zero-order valence-electron chi connectivity index (χ0n) is 11.7. The summed E-state index contributed by atoms with van der Waals surface area (Å²) in [5.41, 5.74) is 6.19. The number of benzene rings is 1. The van der Waals surface area contributed by atoms with Crippen LogP contribution >= 0.6 is 12.4 Å². The van der Waals surface area contributed by atoms with E-state index in [1.54, 1.807) is 6.07 Å². The molecule has 0 aliphatic heterocycles. The van der Waals surface area contributed by atoms with Crippen molar-refractivity contribution in [3.05, 3.63) is 35.6 Å². The highest BCUT2D eigenvalue weighted by Gasteiger charge is 2.20. The van der Waals surface area contributed by atoms with E-state index in [9.17, 15) is 14.3 Å². The third-order valence-corrected chi connectivity index (χ3v) is 3.26. The molecule has 3 unspecified atom stereocenters. The van der Waals surface area contributed by atoms with Crippen LogP contribution in [0.4, 0.5) is 4.39 Å². The summed E-state index contributed by atoms with van der Waals surface area (Å²) in [5.74, 6) is -0.643. The molecule has 0 saturated carbocycles. The maximum absolute atomic E-state index is 13.0. The molecule has 0 saturated heterocycles. The molecule has 0 radical (unpaired) electrons. The van der Waals surface area contributed by atoms with E-state index in [0.29, 0.717) is 5.56 Å². The topological polar surface area (TPSA) is 75.4 Å². The molecule has 1 aromatic carbocycles. The normalized spacial score (nSPS) is 14.8. The van der Waals surface area contributed by atoms with E-state index in [2.05, 4.69) is 5.32 Å². The summed E-state index contributed by atoms with van der Waals surface area (Å²) in [5, 5.41) is 12.4. The number of hydrogen-bond acceptors (Lipinski definition) is 3. The van der Waals surface area contributed by atoms with Crippen molar-refractivity contribution in [2.24, 2.45) is 11.7 Å². The highest BCUT2D eigenvalue weighted by atomic mass is 35.5. The van der Waals surface area contributed by atoms with Crippen molar-refractivity contribution in [2.75, 3.05) is 6.54 Å². The monoisotopic (exact) mass is 304 g/mol. The summed E-state index contributed by atoms with van der Waals surface area (Å²) in [6.07, 6.45) is -0.134. The smallest absolute Gasteiger partial charge is 0.237 e. The minimum Gasteiger partial charge on any atom is -0.387 e. The fraction of sp³-hybridized carbons (Fsp3) is 0.500. The van der Waals surface area contributed by atoms with Gasteiger partial charge in [0.25, 0.3) is 0 Å². The van der Waals surface area contributed by atoms with Crippen molar-refractivity contribution < 1.29 is 14.3 Å². The Morgan fingerprint density at radius 1 is 1.50 bits per heavy atom. The molecule has 1 amide bonds. The zero-order chi connectivity index (χ0) is 14.4. The van der Waals surface area contributed by atoms with Gasteiger partial charge < -0.3 is 16.2 Å². The lowest BCUT2D eigenvalue weighted by Crippen LogP contribution is -2.45. The van der Waals surface area contributed by atoms with Crippen molar-refractivity contribution >= 4 is 18.3 Å². The van der Waals surface area contributed by atoms with Crippen LogP contribution < -0.4 is 11.1 Å². The lowest BCUT2D eigenvalue weighted by atomic mass is 9.99. The summed E-state index contributed by atoms with van der Waals surface area (Å²) in [6, 6.07) is 5.07. The predicted molar refractivity (Wildman–Crippen MR) is 79.0 cm³/mol. The number of nitrogens with two attached hydrogens (primary N) is 1. The van der Waals surface area contributed by atoms with Crippen molar-refractivity contribution in [3.63, 3.8) is 0 Å². The van der Waals surface area contributed by atoms with Crippen molar-refractivity contribution in [2.45, 2.75) is 32.4 Å². The molecule has 0 bridgehead atoms. The number of halogens is 2. The highest BCUT2D eigenvalue weighted by Crippen LogP contribution is 2.13. The summed E-state index contributed by atoms with van der Waals surface area (Å²) in [7, 11) is 0. The maximum atomic E-state index is 13.0. The number of amides is 1. The molecule has 6 heteroatoms. The molecule has 0 aliphatic rings.